The quantitative estimate of drug-likeness (QED) is 0.869. The van der Waals surface area contributed by atoms with E-state index in [1.165, 1.54) is 17.8 Å². The molecule has 1 aromatic rings. The Morgan fingerprint density at radius 1 is 1.38 bits per heavy atom. The van der Waals surface area contributed by atoms with Gasteiger partial charge < -0.3 is 0 Å². The second kappa shape index (κ2) is 5.16. The van der Waals surface area contributed by atoms with Crippen LogP contribution in [-0.4, -0.2) is 19.3 Å². The summed E-state index contributed by atoms with van der Waals surface area (Å²) in [5, 5.41) is 1.78. The maximum Gasteiger partial charge on any atom is 0.250 e. The molecule has 0 radical (unpaired) electrons. The minimum Gasteiger partial charge on any atom is -0.206 e. The first-order valence-corrected chi connectivity index (χ1v) is 8.57. The zero-order valence-corrected chi connectivity index (χ0v) is 11.9. The van der Waals surface area contributed by atoms with Crippen molar-refractivity contribution in [3.8, 4) is 0 Å². The molecule has 16 heavy (non-hydrogen) atoms. The van der Waals surface area contributed by atoms with Crippen LogP contribution in [0.5, 0.6) is 0 Å². The van der Waals surface area contributed by atoms with Crippen LogP contribution in [0.3, 0.4) is 0 Å². The van der Waals surface area contributed by atoms with Gasteiger partial charge in [-0.2, -0.15) is 0 Å². The molecule has 2 atom stereocenters. The first kappa shape index (κ1) is 12.5. The summed E-state index contributed by atoms with van der Waals surface area (Å²) in [5.41, 5.74) is 0. The molecule has 0 saturated heterocycles. The van der Waals surface area contributed by atoms with Crippen LogP contribution < -0.4 is 4.72 Å². The molecule has 2 unspecified atom stereocenters. The molecule has 0 spiro atoms. The molecule has 6 heteroatoms. The number of thiophene rings is 1. The molecular weight excluding hydrogens is 310 g/mol. The zero-order chi connectivity index (χ0) is 11.6. The molecule has 1 saturated carbocycles. The van der Waals surface area contributed by atoms with E-state index in [-0.39, 0.29) is 10.9 Å². The Morgan fingerprint density at radius 2 is 2.12 bits per heavy atom. The summed E-state index contributed by atoms with van der Waals surface area (Å²) in [6, 6.07) is 3.42. The molecule has 0 amide bonds. The molecule has 2 rings (SSSR count). The lowest BCUT2D eigenvalue weighted by molar-refractivity contribution is 0.427. The predicted octanol–water partition coefficient (Wildman–Crippen LogP) is 2.73. The fourth-order valence-electron chi connectivity index (χ4n) is 1.89. The van der Waals surface area contributed by atoms with Gasteiger partial charge in [-0.1, -0.05) is 34.8 Å². The molecule has 1 aromatic heterocycles. The van der Waals surface area contributed by atoms with E-state index < -0.39 is 10.0 Å². The van der Waals surface area contributed by atoms with Crippen molar-refractivity contribution in [3.05, 3.63) is 17.5 Å². The summed E-state index contributed by atoms with van der Waals surface area (Å²) in [6.07, 6.45) is 4.23. The van der Waals surface area contributed by atoms with Crippen molar-refractivity contribution in [1.82, 2.24) is 4.72 Å². The minimum atomic E-state index is -3.31. The SMILES string of the molecule is O=S(=O)(NC1CCCCC1Br)c1cccs1. The van der Waals surface area contributed by atoms with Gasteiger partial charge in [0, 0.05) is 10.9 Å². The monoisotopic (exact) mass is 323 g/mol. The van der Waals surface area contributed by atoms with Crippen LogP contribution in [0.15, 0.2) is 21.7 Å². The number of hydrogen-bond acceptors (Lipinski definition) is 3. The number of alkyl halides is 1. The number of halogens is 1. The summed E-state index contributed by atoms with van der Waals surface area (Å²) < 4.78 is 27.2. The van der Waals surface area contributed by atoms with Crippen LogP contribution in [-0.2, 0) is 10.0 Å². The van der Waals surface area contributed by atoms with Gasteiger partial charge in [0.25, 0.3) is 0 Å². The highest BCUT2D eigenvalue weighted by atomic mass is 79.9. The third kappa shape index (κ3) is 2.85. The van der Waals surface area contributed by atoms with Gasteiger partial charge in [-0.15, -0.1) is 11.3 Å². The Morgan fingerprint density at radius 3 is 2.75 bits per heavy atom. The number of sulfonamides is 1. The molecule has 3 nitrogen and oxygen atoms in total. The summed E-state index contributed by atoms with van der Waals surface area (Å²) in [6.45, 7) is 0. The third-order valence-electron chi connectivity index (χ3n) is 2.75. The van der Waals surface area contributed by atoms with Crippen LogP contribution in [0.25, 0.3) is 0 Å². The Kier molecular flexibility index (Phi) is 4.05. The molecule has 1 heterocycles. The van der Waals surface area contributed by atoms with E-state index >= 15 is 0 Å². The molecular formula is C10H14BrNO2S2. The van der Waals surface area contributed by atoms with E-state index in [2.05, 4.69) is 20.7 Å². The number of rotatable bonds is 3. The number of nitrogens with one attached hydrogen (secondary N) is 1. The smallest absolute Gasteiger partial charge is 0.206 e. The van der Waals surface area contributed by atoms with Crippen molar-refractivity contribution >= 4 is 37.3 Å². The first-order chi connectivity index (χ1) is 7.59. The lowest BCUT2D eigenvalue weighted by atomic mass is 9.96. The average molecular weight is 324 g/mol. The second-order valence-electron chi connectivity index (χ2n) is 3.96. The Labute approximate surface area is 108 Å². The van der Waals surface area contributed by atoms with Crippen molar-refractivity contribution in [2.24, 2.45) is 0 Å². The Hall–Kier alpha value is 0.0900. The van der Waals surface area contributed by atoms with Crippen molar-refractivity contribution in [2.75, 3.05) is 0 Å². The molecule has 0 aromatic carbocycles. The average Bonchev–Trinajstić information content (AvgIpc) is 2.75. The van der Waals surface area contributed by atoms with Crippen LogP contribution in [0, 0.1) is 0 Å². The van der Waals surface area contributed by atoms with E-state index in [1.54, 1.807) is 17.5 Å². The van der Waals surface area contributed by atoms with Gasteiger partial charge in [0.15, 0.2) is 0 Å². The molecule has 1 aliphatic carbocycles. The van der Waals surface area contributed by atoms with E-state index in [4.69, 9.17) is 0 Å². The van der Waals surface area contributed by atoms with Gasteiger partial charge in [0.05, 0.1) is 0 Å². The van der Waals surface area contributed by atoms with E-state index in [9.17, 15) is 8.42 Å². The Balaban J connectivity index is 2.09. The predicted molar refractivity (Wildman–Crippen MR) is 69.6 cm³/mol. The van der Waals surface area contributed by atoms with Gasteiger partial charge in [0.1, 0.15) is 4.21 Å². The maximum absolute atomic E-state index is 12.0. The van der Waals surface area contributed by atoms with Crippen LogP contribution >= 0.6 is 27.3 Å². The molecule has 1 N–H and O–H groups in total. The molecule has 0 aliphatic heterocycles. The third-order valence-corrected chi connectivity index (χ3v) is 6.73. The van der Waals surface area contributed by atoms with Gasteiger partial charge in [-0.25, -0.2) is 13.1 Å². The highest BCUT2D eigenvalue weighted by molar-refractivity contribution is 9.09. The summed E-state index contributed by atoms with van der Waals surface area (Å²) >= 11 is 4.80. The fraction of sp³-hybridized carbons (Fsp3) is 0.600. The second-order valence-corrected chi connectivity index (χ2v) is 8.02. The standard InChI is InChI=1S/C10H14BrNO2S2/c11-8-4-1-2-5-9(8)12-16(13,14)10-6-3-7-15-10/h3,6-9,12H,1-2,4-5H2. The van der Waals surface area contributed by atoms with E-state index in [0.29, 0.717) is 4.21 Å². The summed E-state index contributed by atoms with van der Waals surface area (Å²) in [7, 11) is -3.31. The van der Waals surface area contributed by atoms with Crippen LogP contribution in [0.4, 0.5) is 0 Å². The van der Waals surface area contributed by atoms with Gasteiger partial charge in [-0.3, -0.25) is 0 Å². The lowest BCUT2D eigenvalue weighted by Gasteiger charge is -2.27. The van der Waals surface area contributed by atoms with Crippen LogP contribution in [0.1, 0.15) is 25.7 Å². The molecule has 90 valence electrons. The van der Waals surface area contributed by atoms with Gasteiger partial charge in [0.2, 0.25) is 10.0 Å². The molecule has 1 fully saturated rings. The number of hydrogen-bond donors (Lipinski definition) is 1. The van der Waals surface area contributed by atoms with Crippen molar-refractivity contribution < 1.29 is 8.42 Å². The Bertz CT molecular complexity index is 430. The molecule has 0 bridgehead atoms. The highest BCUT2D eigenvalue weighted by Crippen LogP contribution is 2.26. The highest BCUT2D eigenvalue weighted by Gasteiger charge is 2.28. The molecule has 1 aliphatic rings. The topological polar surface area (TPSA) is 46.2 Å². The van der Waals surface area contributed by atoms with Gasteiger partial charge >= 0.3 is 0 Å². The van der Waals surface area contributed by atoms with Crippen molar-refractivity contribution in [2.45, 2.75) is 40.8 Å². The van der Waals surface area contributed by atoms with E-state index in [1.807, 2.05) is 0 Å². The van der Waals surface area contributed by atoms with Gasteiger partial charge in [-0.05, 0) is 24.3 Å². The fourth-order valence-corrected chi connectivity index (χ4v) is 5.11. The van der Waals surface area contributed by atoms with E-state index in [0.717, 1.165) is 19.3 Å². The zero-order valence-electron chi connectivity index (χ0n) is 8.73. The largest absolute Gasteiger partial charge is 0.250 e. The normalized spacial score (nSPS) is 26.8. The maximum atomic E-state index is 12.0. The summed E-state index contributed by atoms with van der Waals surface area (Å²) in [5.74, 6) is 0. The van der Waals surface area contributed by atoms with Crippen molar-refractivity contribution in [1.29, 1.82) is 0 Å². The first-order valence-electron chi connectivity index (χ1n) is 5.29. The minimum absolute atomic E-state index is 0.0286. The van der Waals surface area contributed by atoms with Crippen LogP contribution in [0.2, 0.25) is 0 Å². The lowest BCUT2D eigenvalue weighted by Crippen LogP contribution is -2.42. The summed E-state index contributed by atoms with van der Waals surface area (Å²) in [4.78, 5) is 0.260. The van der Waals surface area contributed by atoms with Crippen molar-refractivity contribution in [3.63, 3.8) is 0 Å².